The molecule has 15 heavy (non-hydrogen) atoms. The number of nitrogens with zero attached hydrogens (tertiary/aromatic N) is 2. The molecule has 1 saturated heterocycles. The Hall–Kier alpha value is -1.06. The van der Waals surface area contributed by atoms with Crippen molar-refractivity contribution in [3.8, 4) is 0 Å². The van der Waals surface area contributed by atoms with Gasteiger partial charge in [0.25, 0.3) is 0 Å². The third kappa shape index (κ3) is 1.27. The average molecular weight is 222 g/mol. The molecular weight excluding hydrogens is 210 g/mol. The van der Waals surface area contributed by atoms with Crippen molar-refractivity contribution in [2.75, 3.05) is 13.1 Å². The van der Waals surface area contributed by atoms with Crippen LogP contribution >= 0.6 is 11.6 Å². The van der Waals surface area contributed by atoms with Crippen LogP contribution < -0.4 is 5.32 Å². The second-order valence-corrected chi connectivity index (χ2v) is 4.38. The number of pyridine rings is 1. The van der Waals surface area contributed by atoms with E-state index in [1.54, 1.807) is 0 Å². The van der Waals surface area contributed by atoms with E-state index in [9.17, 15) is 0 Å². The van der Waals surface area contributed by atoms with Crippen LogP contribution in [0, 0.1) is 6.92 Å². The molecule has 0 amide bonds. The number of imidazole rings is 1. The Balaban J connectivity index is 2.27. The van der Waals surface area contributed by atoms with Crippen molar-refractivity contribution in [1.29, 1.82) is 0 Å². The van der Waals surface area contributed by atoms with Gasteiger partial charge in [-0.05, 0) is 18.6 Å². The van der Waals surface area contributed by atoms with Gasteiger partial charge in [0.05, 0.1) is 5.52 Å². The molecule has 0 unspecified atom stereocenters. The number of hydrogen-bond donors (Lipinski definition) is 1. The summed E-state index contributed by atoms with van der Waals surface area (Å²) in [5, 5.41) is 3.87. The van der Waals surface area contributed by atoms with E-state index in [0.717, 1.165) is 24.4 Å². The minimum atomic E-state index is 0.506. The van der Waals surface area contributed by atoms with Gasteiger partial charge in [0, 0.05) is 25.2 Å². The first-order valence-corrected chi connectivity index (χ1v) is 5.49. The first-order valence-electron chi connectivity index (χ1n) is 5.11. The summed E-state index contributed by atoms with van der Waals surface area (Å²) in [6.45, 7) is 4.07. The fourth-order valence-electron chi connectivity index (χ4n) is 2.04. The summed E-state index contributed by atoms with van der Waals surface area (Å²) in [5.41, 5.74) is 2.22. The van der Waals surface area contributed by atoms with Gasteiger partial charge in [0.1, 0.15) is 5.82 Å². The highest BCUT2D eigenvalue weighted by atomic mass is 35.5. The maximum Gasteiger partial charge on any atom is 0.155 e. The van der Waals surface area contributed by atoms with Crippen molar-refractivity contribution in [3.05, 3.63) is 34.9 Å². The van der Waals surface area contributed by atoms with Crippen molar-refractivity contribution < 1.29 is 0 Å². The van der Waals surface area contributed by atoms with Gasteiger partial charge in [0.15, 0.2) is 5.15 Å². The SMILES string of the molecule is Cc1cccn2c(C3CNC3)nc(Cl)c12. The molecular formula is C11H12ClN3. The average Bonchev–Trinajstić information content (AvgIpc) is 2.43. The quantitative estimate of drug-likeness (QED) is 0.798. The molecule has 78 valence electrons. The fraction of sp³-hybridized carbons (Fsp3) is 0.364. The molecule has 0 aromatic carbocycles. The molecule has 0 spiro atoms. The van der Waals surface area contributed by atoms with Crippen LogP contribution in [0.3, 0.4) is 0 Å². The summed E-state index contributed by atoms with van der Waals surface area (Å²) in [5.74, 6) is 1.59. The van der Waals surface area contributed by atoms with Gasteiger partial charge in [0.2, 0.25) is 0 Å². The largest absolute Gasteiger partial charge is 0.315 e. The molecule has 3 heterocycles. The lowest BCUT2D eigenvalue weighted by atomic mass is 10.0. The monoisotopic (exact) mass is 221 g/mol. The van der Waals surface area contributed by atoms with Gasteiger partial charge in [-0.3, -0.25) is 0 Å². The molecule has 3 rings (SSSR count). The predicted octanol–water partition coefficient (Wildman–Crippen LogP) is 1.98. The Labute approximate surface area is 93.1 Å². The van der Waals surface area contributed by atoms with E-state index in [1.165, 1.54) is 5.56 Å². The van der Waals surface area contributed by atoms with E-state index in [0.29, 0.717) is 11.1 Å². The molecule has 1 N–H and O–H groups in total. The van der Waals surface area contributed by atoms with E-state index in [4.69, 9.17) is 11.6 Å². The molecule has 0 bridgehead atoms. The van der Waals surface area contributed by atoms with Crippen LogP contribution in [-0.2, 0) is 0 Å². The number of aryl methyl sites for hydroxylation is 1. The Bertz CT molecular complexity index is 514. The van der Waals surface area contributed by atoms with Gasteiger partial charge < -0.3 is 9.72 Å². The zero-order valence-corrected chi connectivity index (χ0v) is 9.25. The van der Waals surface area contributed by atoms with E-state index in [-0.39, 0.29) is 0 Å². The van der Waals surface area contributed by atoms with Crippen LogP contribution in [0.1, 0.15) is 17.3 Å². The van der Waals surface area contributed by atoms with Crippen LogP contribution in [0.2, 0.25) is 5.15 Å². The smallest absolute Gasteiger partial charge is 0.155 e. The van der Waals surface area contributed by atoms with E-state index in [2.05, 4.69) is 27.7 Å². The Kier molecular flexibility index (Phi) is 1.97. The van der Waals surface area contributed by atoms with Crippen LogP contribution in [0.4, 0.5) is 0 Å². The fourth-order valence-corrected chi connectivity index (χ4v) is 2.36. The molecule has 3 nitrogen and oxygen atoms in total. The molecule has 1 aliphatic heterocycles. The maximum absolute atomic E-state index is 6.16. The summed E-state index contributed by atoms with van der Waals surface area (Å²) >= 11 is 6.16. The van der Waals surface area contributed by atoms with Crippen molar-refractivity contribution >= 4 is 17.1 Å². The molecule has 2 aromatic heterocycles. The predicted molar refractivity (Wildman–Crippen MR) is 60.5 cm³/mol. The minimum Gasteiger partial charge on any atom is -0.315 e. The summed E-state index contributed by atoms with van der Waals surface area (Å²) in [7, 11) is 0. The highest BCUT2D eigenvalue weighted by molar-refractivity contribution is 6.32. The molecule has 1 aliphatic rings. The lowest BCUT2D eigenvalue weighted by Gasteiger charge is -2.25. The van der Waals surface area contributed by atoms with Crippen LogP contribution in [0.15, 0.2) is 18.3 Å². The molecule has 4 heteroatoms. The van der Waals surface area contributed by atoms with Crippen molar-refractivity contribution in [2.45, 2.75) is 12.8 Å². The summed E-state index contributed by atoms with van der Waals surface area (Å²) in [6, 6.07) is 4.10. The molecule has 0 saturated carbocycles. The Morgan fingerprint density at radius 3 is 3.00 bits per heavy atom. The number of rotatable bonds is 1. The number of halogens is 1. The molecule has 2 aromatic rings. The van der Waals surface area contributed by atoms with Crippen LogP contribution in [-0.4, -0.2) is 22.5 Å². The number of fused-ring (bicyclic) bond motifs is 1. The van der Waals surface area contributed by atoms with Gasteiger partial charge in [-0.15, -0.1) is 0 Å². The van der Waals surface area contributed by atoms with Crippen molar-refractivity contribution in [2.24, 2.45) is 0 Å². The van der Waals surface area contributed by atoms with E-state index in [1.807, 2.05) is 12.3 Å². The summed E-state index contributed by atoms with van der Waals surface area (Å²) in [6.07, 6.45) is 2.04. The molecule has 0 aliphatic carbocycles. The Morgan fingerprint density at radius 1 is 1.53 bits per heavy atom. The Morgan fingerprint density at radius 2 is 2.33 bits per heavy atom. The highest BCUT2D eigenvalue weighted by Crippen LogP contribution is 2.27. The zero-order valence-electron chi connectivity index (χ0n) is 8.50. The normalized spacial score (nSPS) is 16.9. The van der Waals surface area contributed by atoms with E-state index >= 15 is 0 Å². The minimum absolute atomic E-state index is 0.506. The maximum atomic E-state index is 6.16. The first kappa shape index (κ1) is 9.19. The van der Waals surface area contributed by atoms with Crippen molar-refractivity contribution in [3.63, 3.8) is 0 Å². The molecule has 1 fully saturated rings. The van der Waals surface area contributed by atoms with Gasteiger partial charge in [-0.25, -0.2) is 4.98 Å². The van der Waals surface area contributed by atoms with Gasteiger partial charge in [-0.2, -0.15) is 0 Å². The van der Waals surface area contributed by atoms with Gasteiger partial charge in [-0.1, -0.05) is 17.7 Å². The third-order valence-corrected chi connectivity index (χ3v) is 3.26. The lowest BCUT2D eigenvalue weighted by Crippen LogP contribution is -2.40. The van der Waals surface area contributed by atoms with Gasteiger partial charge >= 0.3 is 0 Å². The third-order valence-electron chi connectivity index (χ3n) is 3.00. The second kappa shape index (κ2) is 3.22. The number of nitrogens with one attached hydrogen (secondary N) is 1. The first-order chi connectivity index (χ1) is 7.27. The van der Waals surface area contributed by atoms with Crippen LogP contribution in [0.5, 0.6) is 0 Å². The number of hydrogen-bond acceptors (Lipinski definition) is 2. The summed E-state index contributed by atoms with van der Waals surface area (Å²) < 4.78 is 2.11. The second-order valence-electron chi connectivity index (χ2n) is 4.03. The zero-order chi connectivity index (χ0) is 10.4. The van der Waals surface area contributed by atoms with E-state index < -0.39 is 0 Å². The molecule has 0 radical (unpaired) electrons. The number of aromatic nitrogens is 2. The summed E-state index contributed by atoms with van der Waals surface area (Å²) in [4.78, 5) is 4.46. The molecule has 0 atom stereocenters. The topological polar surface area (TPSA) is 29.3 Å². The standard InChI is InChI=1S/C11H12ClN3/c1-7-3-2-4-15-9(7)10(12)14-11(15)8-5-13-6-8/h2-4,8,13H,5-6H2,1H3. The van der Waals surface area contributed by atoms with Crippen LogP contribution in [0.25, 0.3) is 5.52 Å². The van der Waals surface area contributed by atoms with Crippen molar-refractivity contribution in [1.82, 2.24) is 14.7 Å². The lowest BCUT2D eigenvalue weighted by molar-refractivity contribution is 0.429. The highest BCUT2D eigenvalue weighted by Gasteiger charge is 2.24.